The fourth-order valence-corrected chi connectivity index (χ4v) is 1.48. The van der Waals surface area contributed by atoms with Crippen LogP contribution in [0.2, 0.25) is 0 Å². The Morgan fingerprint density at radius 3 is 2.88 bits per heavy atom. The third kappa shape index (κ3) is 2.19. The van der Waals surface area contributed by atoms with E-state index < -0.39 is 0 Å². The molecule has 1 saturated heterocycles. The van der Waals surface area contributed by atoms with Gasteiger partial charge in [-0.15, -0.1) is 0 Å². The van der Waals surface area contributed by atoms with E-state index >= 15 is 0 Å². The minimum absolute atomic E-state index is 0.0393. The van der Waals surface area contributed by atoms with Crippen LogP contribution in [0, 0.1) is 0 Å². The number of hydrogen-bond donors (Lipinski definition) is 2. The number of rotatable bonds is 2. The van der Waals surface area contributed by atoms with E-state index in [0.717, 1.165) is 13.1 Å². The molecule has 1 fully saturated rings. The van der Waals surface area contributed by atoms with Crippen LogP contribution in [-0.2, 0) is 4.74 Å². The van der Waals surface area contributed by atoms with Gasteiger partial charge in [-0.05, 0) is 0 Å². The molecule has 7 heteroatoms. The third-order valence-corrected chi connectivity index (χ3v) is 2.33. The standard InChI is InChI=1S/C9H13N5O2/c10-9(13-15)7-5-11-6-8(12-7)14-1-3-16-4-2-14/h5-6,15H,1-4H2,(H2,10,13). The van der Waals surface area contributed by atoms with E-state index in [4.69, 9.17) is 15.7 Å². The van der Waals surface area contributed by atoms with Crippen molar-refractivity contribution in [2.45, 2.75) is 0 Å². The van der Waals surface area contributed by atoms with Gasteiger partial charge in [-0.2, -0.15) is 0 Å². The Bertz CT molecular complexity index is 389. The molecule has 1 aliphatic rings. The molecule has 86 valence electrons. The van der Waals surface area contributed by atoms with Gasteiger partial charge < -0.3 is 20.6 Å². The van der Waals surface area contributed by atoms with Crippen molar-refractivity contribution in [1.29, 1.82) is 0 Å². The van der Waals surface area contributed by atoms with Crippen LogP contribution in [0.4, 0.5) is 5.82 Å². The molecule has 1 aromatic heterocycles. The van der Waals surface area contributed by atoms with Crippen molar-refractivity contribution in [2.24, 2.45) is 10.9 Å². The molecular weight excluding hydrogens is 210 g/mol. The van der Waals surface area contributed by atoms with Crippen LogP contribution < -0.4 is 10.6 Å². The van der Waals surface area contributed by atoms with Gasteiger partial charge in [0.25, 0.3) is 0 Å². The second-order valence-corrected chi connectivity index (χ2v) is 3.35. The Morgan fingerprint density at radius 2 is 2.19 bits per heavy atom. The zero-order valence-electron chi connectivity index (χ0n) is 8.70. The normalized spacial score (nSPS) is 17.5. The zero-order valence-corrected chi connectivity index (χ0v) is 8.70. The second kappa shape index (κ2) is 4.75. The Hall–Kier alpha value is -1.89. The smallest absolute Gasteiger partial charge is 0.190 e. The number of anilines is 1. The van der Waals surface area contributed by atoms with Crippen molar-refractivity contribution in [3.8, 4) is 0 Å². The molecule has 1 aliphatic heterocycles. The highest BCUT2D eigenvalue weighted by Gasteiger charge is 2.13. The lowest BCUT2D eigenvalue weighted by atomic mass is 10.4. The van der Waals surface area contributed by atoms with Gasteiger partial charge in [0.05, 0.1) is 25.6 Å². The molecule has 0 amide bonds. The van der Waals surface area contributed by atoms with Gasteiger partial charge in [0, 0.05) is 13.1 Å². The summed E-state index contributed by atoms with van der Waals surface area (Å²) in [6, 6.07) is 0. The molecule has 0 bridgehead atoms. The molecule has 7 nitrogen and oxygen atoms in total. The first-order chi connectivity index (χ1) is 7.81. The maximum Gasteiger partial charge on any atom is 0.190 e. The maximum atomic E-state index is 8.55. The van der Waals surface area contributed by atoms with Gasteiger partial charge in [0.15, 0.2) is 5.84 Å². The zero-order chi connectivity index (χ0) is 11.4. The summed E-state index contributed by atoms with van der Waals surface area (Å²) in [5, 5.41) is 11.4. The highest BCUT2D eigenvalue weighted by Crippen LogP contribution is 2.11. The van der Waals surface area contributed by atoms with Gasteiger partial charge in [-0.3, -0.25) is 4.98 Å². The number of amidine groups is 1. The average Bonchev–Trinajstić information content (AvgIpc) is 2.39. The number of aromatic nitrogens is 2. The van der Waals surface area contributed by atoms with Gasteiger partial charge in [-0.25, -0.2) is 4.98 Å². The first-order valence-corrected chi connectivity index (χ1v) is 4.94. The first kappa shape index (κ1) is 10.6. The molecule has 0 aliphatic carbocycles. The SMILES string of the molecule is N/C(=N/O)c1cncc(N2CCOCC2)n1. The molecule has 16 heavy (non-hydrogen) atoms. The van der Waals surface area contributed by atoms with E-state index in [2.05, 4.69) is 15.1 Å². The lowest BCUT2D eigenvalue weighted by Gasteiger charge is -2.27. The van der Waals surface area contributed by atoms with Crippen LogP contribution >= 0.6 is 0 Å². The molecule has 1 aromatic rings. The molecule has 0 saturated carbocycles. The molecule has 0 spiro atoms. The Kier molecular flexibility index (Phi) is 3.16. The van der Waals surface area contributed by atoms with Crippen LogP contribution in [0.3, 0.4) is 0 Å². The molecule has 0 aromatic carbocycles. The fourth-order valence-electron chi connectivity index (χ4n) is 1.48. The Labute approximate surface area is 92.5 Å². The molecule has 0 radical (unpaired) electrons. The van der Waals surface area contributed by atoms with E-state index in [0.29, 0.717) is 24.7 Å². The largest absolute Gasteiger partial charge is 0.409 e. The minimum Gasteiger partial charge on any atom is -0.409 e. The fraction of sp³-hybridized carbons (Fsp3) is 0.444. The highest BCUT2D eigenvalue weighted by atomic mass is 16.5. The van der Waals surface area contributed by atoms with Crippen molar-refractivity contribution in [3.63, 3.8) is 0 Å². The van der Waals surface area contributed by atoms with E-state index in [1.807, 2.05) is 4.90 Å². The number of hydrogen-bond acceptors (Lipinski definition) is 6. The van der Waals surface area contributed by atoms with E-state index in [9.17, 15) is 0 Å². The van der Waals surface area contributed by atoms with Crippen molar-refractivity contribution in [3.05, 3.63) is 18.1 Å². The summed E-state index contributed by atoms with van der Waals surface area (Å²) in [7, 11) is 0. The number of oxime groups is 1. The second-order valence-electron chi connectivity index (χ2n) is 3.35. The summed E-state index contributed by atoms with van der Waals surface area (Å²) in [6.45, 7) is 2.90. The van der Waals surface area contributed by atoms with Crippen molar-refractivity contribution >= 4 is 11.7 Å². The predicted octanol–water partition coefficient (Wildman–Crippen LogP) is -0.592. The maximum absolute atomic E-state index is 8.55. The van der Waals surface area contributed by atoms with Crippen LogP contribution in [0.5, 0.6) is 0 Å². The summed E-state index contributed by atoms with van der Waals surface area (Å²) < 4.78 is 5.24. The van der Waals surface area contributed by atoms with Gasteiger partial charge in [-0.1, -0.05) is 5.16 Å². The van der Waals surface area contributed by atoms with Crippen LogP contribution in [0.25, 0.3) is 0 Å². The molecule has 2 heterocycles. The summed E-state index contributed by atoms with van der Waals surface area (Å²) >= 11 is 0. The lowest BCUT2D eigenvalue weighted by Crippen LogP contribution is -2.37. The van der Waals surface area contributed by atoms with Crippen LogP contribution in [0.1, 0.15) is 5.69 Å². The van der Waals surface area contributed by atoms with Gasteiger partial charge in [0.1, 0.15) is 11.5 Å². The number of ether oxygens (including phenoxy) is 1. The summed E-state index contributed by atoms with van der Waals surface area (Å²) in [5.74, 6) is 0.676. The summed E-state index contributed by atoms with van der Waals surface area (Å²) in [4.78, 5) is 10.3. The molecule has 0 unspecified atom stereocenters. The summed E-state index contributed by atoms with van der Waals surface area (Å²) in [6.07, 6.45) is 3.11. The quantitative estimate of drug-likeness (QED) is 0.301. The van der Waals surface area contributed by atoms with Crippen LogP contribution in [-0.4, -0.2) is 47.3 Å². The molecule has 2 rings (SSSR count). The van der Waals surface area contributed by atoms with Crippen molar-refractivity contribution in [1.82, 2.24) is 9.97 Å². The molecular formula is C9H13N5O2. The van der Waals surface area contributed by atoms with E-state index in [1.54, 1.807) is 6.20 Å². The topological polar surface area (TPSA) is 96.9 Å². The van der Waals surface area contributed by atoms with Crippen LogP contribution in [0.15, 0.2) is 17.5 Å². The number of morpholine rings is 1. The van der Waals surface area contributed by atoms with Gasteiger partial charge >= 0.3 is 0 Å². The Morgan fingerprint density at radius 1 is 1.44 bits per heavy atom. The minimum atomic E-state index is -0.0393. The number of nitrogens with two attached hydrogens (primary N) is 1. The van der Waals surface area contributed by atoms with E-state index in [-0.39, 0.29) is 5.84 Å². The third-order valence-electron chi connectivity index (χ3n) is 2.33. The molecule has 0 atom stereocenters. The van der Waals surface area contributed by atoms with E-state index in [1.165, 1.54) is 6.20 Å². The van der Waals surface area contributed by atoms with Gasteiger partial charge in [0.2, 0.25) is 0 Å². The first-order valence-electron chi connectivity index (χ1n) is 4.94. The lowest BCUT2D eigenvalue weighted by molar-refractivity contribution is 0.122. The molecule has 3 N–H and O–H groups in total. The van der Waals surface area contributed by atoms with Crippen molar-refractivity contribution < 1.29 is 9.94 Å². The monoisotopic (exact) mass is 223 g/mol. The summed E-state index contributed by atoms with van der Waals surface area (Å²) in [5.41, 5.74) is 5.81. The van der Waals surface area contributed by atoms with Crippen molar-refractivity contribution in [2.75, 3.05) is 31.2 Å². The average molecular weight is 223 g/mol. The Balaban J connectivity index is 2.21. The number of nitrogens with zero attached hydrogens (tertiary/aromatic N) is 4. The predicted molar refractivity (Wildman–Crippen MR) is 57.6 cm³/mol. The highest BCUT2D eigenvalue weighted by molar-refractivity contribution is 5.95.